The highest BCUT2D eigenvalue weighted by Crippen LogP contribution is 2.32. The second kappa shape index (κ2) is 8.70. The van der Waals surface area contributed by atoms with E-state index in [1.807, 2.05) is 17.7 Å². The summed E-state index contributed by atoms with van der Waals surface area (Å²) in [5.41, 5.74) is 4.39. The maximum Gasteiger partial charge on any atom is 0.152 e. The number of nitrogens with zero attached hydrogens (tertiary/aromatic N) is 4. The summed E-state index contributed by atoms with van der Waals surface area (Å²) in [6.45, 7) is 8.66. The number of ether oxygens (including phenoxy) is 2. The van der Waals surface area contributed by atoms with Gasteiger partial charge in [0.15, 0.2) is 9.84 Å². The summed E-state index contributed by atoms with van der Waals surface area (Å²) in [5.74, 6) is 2.08. The third-order valence-electron chi connectivity index (χ3n) is 6.35. The zero-order valence-electron chi connectivity index (χ0n) is 18.8. The van der Waals surface area contributed by atoms with E-state index in [0.717, 1.165) is 61.3 Å². The van der Waals surface area contributed by atoms with Crippen LogP contribution in [0.2, 0.25) is 0 Å². The molecule has 2 aliphatic heterocycles. The van der Waals surface area contributed by atoms with Gasteiger partial charge in [0.2, 0.25) is 0 Å². The van der Waals surface area contributed by atoms with Gasteiger partial charge in [-0.15, -0.1) is 0 Å². The summed E-state index contributed by atoms with van der Waals surface area (Å²) in [7, 11) is 0.405. The third-order valence-corrected chi connectivity index (χ3v) is 8.10. The Morgan fingerprint density at radius 2 is 1.68 bits per heavy atom. The van der Waals surface area contributed by atoms with E-state index in [-0.39, 0.29) is 17.5 Å². The molecule has 0 N–H and O–H groups in total. The van der Waals surface area contributed by atoms with Crippen molar-refractivity contribution < 1.29 is 17.9 Å². The van der Waals surface area contributed by atoms with Crippen LogP contribution in [-0.4, -0.2) is 75.0 Å². The van der Waals surface area contributed by atoms with Crippen LogP contribution in [0.15, 0.2) is 18.2 Å². The van der Waals surface area contributed by atoms with E-state index < -0.39 is 9.84 Å². The first kappa shape index (κ1) is 22.0. The van der Waals surface area contributed by atoms with Gasteiger partial charge in [-0.25, -0.2) is 8.42 Å². The molecule has 8 nitrogen and oxygen atoms in total. The van der Waals surface area contributed by atoms with Gasteiger partial charge in [-0.05, 0) is 38.0 Å². The maximum absolute atomic E-state index is 11.9. The predicted octanol–water partition coefficient (Wildman–Crippen LogP) is 2.20. The van der Waals surface area contributed by atoms with Crippen molar-refractivity contribution in [3.05, 3.63) is 35.2 Å². The Bertz CT molecular complexity index is 1020. The van der Waals surface area contributed by atoms with Gasteiger partial charge in [-0.1, -0.05) is 0 Å². The average molecular weight is 449 g/mol. The van der Waals surface area contributed by atoms with E-state index in [1.165, 1.54) is 5.56 Å². The molecule has 3 heterocycles. The zero-order valence-corrected chi connectivity index (χ0v) is 19.6. The van der Waals surface area contributed by atoms with Crippen LogP contribution in [0.3, 0.4) is 0 Å². The minimum Gasteiger partial charge on any atom is -0.497 e. The molecule has 0 radical (unpaired) electrons. The molecule has 2 aromatic rings. The van der Waals surface area contributed by atoms with Crippen LogP contribution in [0.1, 0.15) is 29.4 Å². The van der Waals surface area contributed by atoms with Crippen molar-refractivity contribution >= 4 is 15.5 Å². The summed E-state index contributed by atoms with van der Waals surface area (Å²) in [5, 5.41) is 4.73. The number of benzene rings is 1. The standard InChI is InChI=1S/C22H32N4O4S/c1-16-22(17(2)26(23-16)19-5-10-31(27,28)15-19)25-8-6-24(7-9-25)14-18-11-20(29-3)13-21(12-18)30-4/h11-13,19H,5-10,14-15H2,1-4H3. The second-order valence-electron chi connectivity index (χ2n) is 8.50. The van der Waals surface area contributed by atoms with Gasteiger partial charge in [-0.2, -0.15) is 5.10 Å². The Morgan fingerprint density at radius 1 is 1.03 bits per heavy atom. The molecule has 0 aliphatic carbocycles. The summed E-state index contributed by atoms with van der Waals surface area (Å²) >= 11 is 0. The molecule has 2 aliphatic rings. The third kappa shape index (κ3) is 4.67. The Hall–Kier alpha value is -2.26. The van der Waals surface area contributed by atoms with Crippen molar-refractivity contribution in [1.82, 2.24) is 14.7 Å². The van der Waals surface area contributed by atoms with Crippen molar-refractivity contribution in [3.63, 3.8) is 0 Å². The van der Waals surface area contributed by atoms with E-state index in [0.29, 0.717) is 6.42 Å². The molecule has 0 spiro atoms. The van der Waals surface area contributed by atoms with Crippen molar-refractivity contribution in [3.8, 4) is 11.5 Å². The van der Waals surface area contributed by atoms with E-state index in [9.17, 15) is 8.42 Å². The minimum absolute atomic E-state index is 0.0400. The number of aryl methyl sites for hydroxylation is 1. The van der Waals surface area contributed by atoms with Crippen LogP contribution in [0.5, 0.6) is 11.5 Å². The Labute approximate surface area is 184 Å². The lowest BCUT2D eigenvalue weighted by Crippen LogP contribution is -2.46. The monoisotopic (exact) mass is 448 g/mol. The van der Waals surface area contributed by atoms with E-state index in [2.05, 4.69) is 28.9 Å². The van der Waals surface area contributed by atoms with Gasteiger partial charge in [0.1, 0.15) is 11.5 Å². The van der Waals surface area contributed by atoms with Gasteiger partial charge >= 0.3 is 0 Å². The number of piperazine rings is 1. The fraction of sp³-hybridized carbons (Fsp3) is 0.591. The number of anilines is 1. The largest absolute Gasteiger partial charge is 0.497 e. The highest BCUT2D eigenvalue weighted by atomic mass is 32.2. The molecule has 9 heteroatoms. The van der Waals surface area contributed by atoms with Crippen LogP contribution >= 0.6 is 0 Å². The normalized spacial score (nSPS) is 21.4. The minimum atomic E-state index is -2.94. The molecule has 2 saturated heterocycles. The lowest BCUT2D eigenvalue weighted by atomic mass is 10.1. The van der Waals surface area contributed by atoms with Crippen LogP contribution in [-0.2, 0) is 16.4 Å². The summed E-state index contributed by atoms with van der Waals surface area (Å²) in [6, 6.07) is 5.97. The number of rotatable bonds is 6. The summed E-state index contributed by atoms with van der Waals surface area (Å²) in [4.78, 5) is 4.82. The molecule has 170 valence electrons. The SMILES string of the molecule is COc1cc(CN2CCN(c3c(C)nn(C4CCS(=O)(=O)C4)c3C)CC2)cc(OC)c1. The zero-order chi connectivity index (χ0) is 22.2. The average Bonchev–Trinajstić information content (AvgIpc) is 3.26. The van der Waals surface area contributed by atoms with E-state index in [1.54, 1.807) is 14.2 Å². The fourth-order valence-corrected chi connectivity index (χ4v) is 6.47. The molecule has 31 heavy (non-hydrogen) atoms. The van der Waals surface area contributed by atoms with Crippen molar-refractivity contribution in [2.75, 3.05) is 56.8 Å². The molecule has 4 rings (SSSR count). The topological polar surface area (TPSA) is 76.9 Å². The first-order valence-corrected chi connectivity index (χ1v) is 12.6. The van der Waals surface area contributed by atoms with Gasteiger partial charge in [0.05, 0.1) is 48.8 Å². The first-order chi connectivity index (χ1) is 14.8. The van der Waals surface area contributed by atoms with Gasteiger partial charge in [-0.3, -0.25) is 9.58 Å². The Kier molecular flexibility index (Phi) is 6.16. The second-order valence-corrected chi connectivity index (χ2v) is 10.7. The molecule has 0 bridgehead atoms. The number of hydrogen-bond acceptors (Lipinski definition) is 7. The quantitative estimate of drug-likeness (QED) is 0.670. The molecule has 2 fully saturated rings. The molecule has 1 aromatic heterocycles. The molecule has 0 saturated carbocycles. The number of methoxy groups -OCH3 is 2. The lowest BCUT2D eigenvalue weighted by molar-refractivity contribution is 0.249. The van der Waals surface area contributed by atoms with Crippen LogP contribution < -0.4 is 14.4 Å². The van der Waals surface area contributed by atoms with Crippen molar-refractivity contribution in [2.45, 2.75) is 32.9 Å². The molecule has 1 atom stereocenters. The first-order valence-electron chi connectivity index (χ1n) is 10.7. The van der Waals surface area contributed by atoms with E-state index >= 15 is 0 Å². The smallest absolute Gasteiger partial charge is 0.152 e. The van der Waals surface area contributed by atoms with Crippen LogP contribution in [0, 0.1) is 13.8 Å². The van der Waals surface area contributed by atoms with Gasteiger partial charge in [0.25, 0.3) is 0 Å². The predicted molar refractivity (Wildman–Crippen MR) is 121 cm³/mol. The van der Waals surface area contributed by atoms with Gasteiger partial charge < -0.3 is 14.4 Å². The highest BCUT2D eigenvalue weighted by Gasteiger charge is 2.32. The van der Waals surface area contributed by atoms with Gasteiger partial charge in [0, 0.05) is 38.8 Å². The molecule has 1 unspecified atom stereocenters. The summed E-state index contributed by atoms with van der Waals surface area (Å²) in [6.07, 6.45) is 0.654. The number of sulfone groups is 1. The number of aromatic nitrogens is 2. The maximum atomic E-state index is 11.9. The Balaban J connectivity index is 1.43. The molecule has 0 amide bonds. The Morgan fingerprint density at radius 3 is 2.23 bits per heavy atom. The van der Waals surface area contributed by atoms with Crippen molar-refractivity contribution in [2.24, 2.45) is 0 Å². The summed E-state index contributed by atoms with van der Waals surface area (Å²) < 4.78 is 36.6. The fourth-order valence-electron chi connectivity index (χ4n) is 4.78. The lowest BCUT2D eigenvalue weighted by Gasteiger charge is -2.36. The van der Waals surface area contributed by atoms with Crippen molar-refractivity contribution in [1.29, 1.82) is 0 Å². The molecule has 1 aromatic carbocycles. The van der Waals surface area contributed by atoms with Crippen LogP contribution in [0.25, 0.3) is 0 Å². The highest BCUT2D eigenvalue weighted by molar-refractivity contribution is 7.91. The number of hydrogen-bond donors (Lipinski definition) is 0. The van der Waals surface area contributed by atoms with E-state index in [4.69, 9.17) is 14.6 Å². The van der Waals surface area contributed by atoms with Crippen LogP contribution in [0.4, 0.5) is 5.69 Å². The molecular weight excluding hydrogens is 416 g/mol. The molecular formula is C22H32N4O4S.